The summed E-state index contributed by atoms with van der Waals surface area (Å²) in [5.41, 5.74) is 0.781. The van der Waals surface area contributed by atoms with E-state index in [0.29, 0.717) is 11.4 Å². The number of rotatable bonds is 5. The van der Waals surface area contributed by atoms with Gasteiger partial charge in [-0.2, -0.15) is 0 Å². The number of halogens is 2. The maximum atomic E-state index is 13.7. The molecule has 0 saturated heterocycles. The normalized spacial score (nSPS) is 11.3. The van der Waals surface area contributed by atoms with Crippen molar-refractivity contribution in [3.8, 4) is 0 Å². The van der Waals surface area contributed by atoms with Crippen LogP contribution in [0.2, 0.25) is 5.02 Å². The molecule has 0 aromatic heterocycles. The highest BCUT2D eigenvalue weighted by atomic mass is 35.5. The topological polar surface area (TPSA) is 63.2 Å². The van der Waals surface area contributed by atoms with Gasteiger partial charge in [0.15, 0.2) is 9.84 Å². The number of anilines is 1. The second-order valence-corrected chi connectivity index (χ2v) is 7.54. The van der Waals surface area contributed by atoms with Crippen molar-refractivity contribution in [1.29, 1.82) is 0 Å². The zero-order valence-corrected chi connectivity index (χ0v) is 13.9. The van der Waals surface area contributed by atoms with Crippen LogP contribution in [0.3, 0.4) is 0 Å². The lowest BCUT2D eigenvalue weighted by Gasteiger charge is -2.08. The van der Waals surface area contributed by atoms with Crippen molar-refractivity contribution in [3.63, 3.8) is 0 Å². The van der Waals surface area contributed by atoms with E-state index in [1.165, 1.54) is 0 Å². The van der Waals surface area contributed by atoms with Crippen molar-refractivity contribution in [2.45, 2.75) is 17.7 Å². The molecule has 1 amide bonds. The molecule has 0 radical (unpaired) electrons. The second-order valence-electron chi connectivity index (χ2n) is 5.09. The van der Waals surface area contributed by atoms with Crippen molar-refractivity contribution in [3.05, 3.63) is 58.9 Å². The smallest absolute Gasteiger partial charge is 0.224 e. The van der Waals surface area contributed by atoms with E-state index < -0.39 is 21.6 Å². The van der Waals surface area contributed by atoms with Crippen LogP contribution in [0.15, 0.2) is 47.4 Å². The summed E-state index contributed by atoms with van der Waals surface area (Å²) in [6.07, 6.45) is 1.63. The van der Waals surface area contributed by atoms with Gasteiger partial charge in [0, 0.05) is 17.7 Å². The molecule has 0 aliphatic carbocycles. The number of sulfone groups is 1. The van der Waals surface area contributed by atoms with Gasteiger partial charge >= 0.3 is 0 Å². The van der Waals surface area contributed by atoms with Gasteiger partial charge in [-0.3, -0.25) is 4.79 Å². The lowest BCUT2D eigenvalue weighted by Crippen LogP contribution is -2.14. The van der Waals surface area contributed by atoms with Crippen LogP contribution in [0.1, 0.15) is 12.0 Å². The van der Waals surface area contributed by atoms with Crippen LogP contribution in [-0.2, 0) is 21.1 Å². The first-order valence-corrected chi connectivity index (χ1v) is 9.06. The molecule has 0 unspecified atom stereocenters. The number of hydrogen-bond acceptors (Lipinski definition) is 3. The maximum absolute atomic E-state index is 13.7. The average Bonchev–Trinajstić information content (AvgIpc) is 2.48. The molecule has 122 valence electrons. The largest absolute Gasteiger partial charge is 0.324 e. The van der Waals surface area contributed by atoms with Gasteiger partial charge < -0.3 is 5.32 Å². The summed E-state index contributed by atoms with van der Waals surface area (Å²) in [4.78, 5) is 11.9. The third-order valence-electron chi connectivity index (χ3n) is 3.19. The Morgan fingerprint density at radius 1 is 1.17 bits per heavy atom. The van der Waals surface area contributed by atoms with Gasteiger partial charge in [-0.15, -0.1) is 0 Å². The molecule has 0 aliphatic rings. The second kappa shape index (κ2) is 7.10. The van der Waals surface area contributed by atoms with Gasteiger partial charge in [0.05, 0.1) is 10.6 Å². The first kappa shape index (κ1) is 17.4. The van der Waals surface area contributed by atoms with Gasteiger partial charge in [0.25, 0.3) is 0 Å². The summed E-state index contributed by atoms with van der Waals surface area (Å²) in [6, 6.07) is 10.4. The number of amides is 1. The van der Waals surface area contributed by atoms with E-state index >= 15 is 0 Å². The van der Waals surface area contributed by atoms with Gasteiger partial charge in [-0.25, -0.2) is 12.8 Å². The molecule has 2 aromatic rings. The Bertz CT molecular complexity index is 820. The molecule has 4 nitrogen and oxygen atoms in total. The Balaban J connectivity index is 2.04. The SMILES string of the molecule is CS(=O)(=O)c1ccc(F)c(NC(=O)CCc2ccc(Cl)cc2)c1. The molecule has 0 bridgehead atoms. The van der Waals surface area contributed by atoms with Gasteiger partial charge in [-0.1, -0.05) is 23.7 Å². The van der Waals surface area contributed by atoms with Crippen LogP contribution in [-0.4, -0.2) is 20.6 Å². The minimum absolute atomic E-state index is 0.0492. The summed E-state index contributed by atoms with van der Waals surface area (Å²) >= 11 is 5.78. The van der Waals surface area contributed by atoms with Gasteiger partial charge in [0.2, 0.25) is 5.91 Å². The van der Waals surface area contributed by atoms with Crippen LogP contribution in [0.4, 0.5) is 10.1 Å². The van der Waals surface area contributed by atoms with Crippen LogP contribution >= 0.6 is 11.6 Å². The lowest BCUT2D eigenvalue weighted by molar-refractivity contribution is -0.116. The summed E-state index contributed by atoms with van der Waals surface area (Å²) in [7, 11) is -3.47. The van der Waals surface area contributed by atoms with Gasteiger partial charge in [0.1, 0.15) is 5.82 Å². The maximum Gasteiger partial charge on any atom is 0.224 e. The van der Waals surface area contributed by atoms with E-state index in [1.807, 2.05) is 0 Å². The number of carbonyl (C=O) groups excluding carboxylic acids is 1. The van der Waals surface area contributed by atoms with E-state index in [1.54, 1.807) is 24.3 Å². The monoisotopic (exact) mass is 355 g/mol. The molecule has 7 heteroatoms. The van der Waals surface area contributed by atoms with Crippen molar-refractivity contribution in [2.75, 3.05) is 11.6 Å². The third-order valence-corrected chi connectivity index (χ3v) is 4.56. The predicted molar refractivity (Wildman–Crippen MR) is 87.9 cm³/mol. The molecule has 0 spiro atoms. The fourth-order valence-electron chi connectivity index (χ4n) is 1.95. The molecular weight excluding hydrogens is 341 g/mol. The Hall–Kier alpha value is -1.92. The Labute approximate surface area is 139 Å². The van der Waals surface area contributed by atoms with Crippen molar-refractivity contribution in [1.82, 2.24) is 0 Å². The first-order valence-electron chi connectivity index (χ1n) is 6.79. The quantitative estimate of drug-likeness (QED) is 0.835. The molecule has 1 N–H and O–H groups in total. The average molecular weight is 356 g/mol. The summed E-state index contributed by atoms with van der Waals surface area (Å²) in [6.45, 7) is 0. The summed E-state index contributed by atoms with van der Waals surface area (Å²) in [5, 5.41) is 3.01. The Morgan fingerprint density at radius 3 is 2.43 bits per heavy atom. The molecule has 2 aromatic carbocycles. The summed E-state index contributed by atoms with van der Waals surface area (Å²) in [5.74, 6) is -1.08. The molecule has 23 heavy (non-hydrogen) atoms. The zero-order chi connectivity index (χ0) is 17.0. The molecule has 0 fully saturated rings. The molecule has 0 aliphatic heterocycles. The van der Waals surface area contributed by atoms with Crippen LogP contribution in [0.5, 0.6) is 0 Å². The van der Waals surface area contributed by atoms with Crippen LogP contribution in [0, 0.1) is 5.82 Å². The molecular formula is C16H15ClFNO3S. The highest BCUT2D eigenvalue weighted by Crippen LogP contribution is 2.20. The lowest BCUT2D eigenvalue weighted by atomic mass is 10.1. The number of carbonyl (C=O) groups is 1. The van der Waals surface area contributed by atoms with E-state index in [0.717, 1.165) is 30.0 Å². The van der Waals surface area contributed by atoms with E-state index in [4.69, 9.17) is 11.6 Å². The van der Waals surface area contributed by atoms with Crippen molar-refractivity contribution >= 4 is 33.0 Å². The van der Waals surface area contributed by atoms with E-state index in [-0.39, 0.29) is 17.0 Å². The highest BCUT2D eigenvalue weighted by molar-refractivity contribution is 7.90. The standard InChI is InChI=1S/C16H15ClFNO3S/c1-23(21,22)13-7-8-14(18)15(10-13)19-16(20)9-4-11-2-5-12(17)6-3-11/h2-3,5-8,10H,4,9H2,1H3,(H,19,20). The molecule has 0 heterocycles. The van der Waals surface area contributed by atoms with Crippen LogP contribution < -0.4 is 5.32 Å². The molecule has 2 rings (SSSR count). The van der Waals surface area contributed by atoms with Crippen LogP contribution in [0.25, 0.3) is 0 Å². The third kappa shape index (κ3) is 5.04. The number of nitrogens with one attached hydrogen (secondary N) is 1. The minimum atomic E-state index is -3.47. The summed E-state index contributed by atoms with van der Waals surface area (Å²) < 4.78 is 36.7. The van der Waals surface area contributed by atoms with Crippen molar-refractivity contribution < 1.29 is 17.6 Å². The molecule has 0 saturated carbocycles. The van der Waals surface area contributed by atoms with E-state index in [2.05, 4.69) is 5.32 Å². The minimum Gasteiger partial charge on any atom is -0.324 e. The predicted octanol–water partition coefficient (Wildman–Crippen LogP) is 3.45. The fourth-order valence-corrected chi connectivity index (χ4v) is 2.73. The van der Waals surface area contributed by atoms with Crippen molar-refractivity contribution in [2.24, 2.45) is 0 Å². The Morgan fingerprint density at radius 2 is 1.83 bits per heavy atom. The van der Waals surface area contributed by atoms with E-state index in [9.17, 15) is 17.6 Å². The first-order chi connectivity index (χ1) is 10.8. The zero-order valence-electron chi connectivity index (χ0n) is 12.3. The number of benzene rings is 2. The fraction of sp³-hybridized carbons (Fsp3) is 0.188. The molecule has 0 atom stereocenters. The van der Waals surface area contributed by atoms with Gasteiger partial charge in [-0.05, 0) is 42.3 Å². The highest BCUT2D eigenvalue weighted by Gasteiger charge is 2.13. The number of aryl methyl sites for hydroxylation is 1. The number of hydrogen-bond donors (Lipinski definition) is 1. The Kier molecular flexibility index (Phi) is 5.38.